The third-order valence-corrected chi connectivity index (χ3v) is 4.66. The average Bonchev–Trinajstić information content (AvgIpc) is 3.42. The number of nitrogens with zero attached hydrogens (tertiary/aromatic N) is 1. The van der Waals surface area contributed by atoms with E-state index in [1.165, 1.54) is 11.8 Å². The number of aromatic nitrogens is 2. The SMILES string of the molecule is Cc1ccc(-c2[nH]ncc2CNCc2ccc(NC(=O)c3ccco3)cc2)cc1. The lowest BCUT2D eigenvalue weighted by Crippen LogP contribution is -2.13. The fourth-order valence-electron chi connectivity index (χ4n) is 3.06. The van der Waals surface area contributed by atoms with Gasteiger partial charge in [-0.05, 0) is 42.3 Å². The number of rotatable bonds is 7. The van der Waals surface area contributed by atoms with Gasteiger partial charge in [0.1, 0.15) is 0 Å². The monoisotopic (exact) mass is 386 g/mol. The Bertz CT molecular complexity index is 1070. The highest BCUT2D eigenvalue weighted by molar-refractivity contribution is 6.02. The van der Waals surface area contributed by atoms with Crippen LogP contribution in [0.5, 0.6) is 0 Å². The molecule has 29 heavy (non-hydrogen) atoms. The van der Waals surface area contributed by atoms with Crippen LogP contribution in [0.2, 0.25) is 0 Å². The predicted molar refractivity (Wildman–Crippen MR) is 112 cm³/mol. The molecular weight excluding hydrogens is 364 g/mol. The van der Waals surface area contributed by atoms with Gasteiger partial charge in [-0.15, -0.1) is 0 Å². The van der Waals surface area contributed by atoms with E-state index in [0.29, 0.717) is 18.8 Å². The lowest BCUT2D eigenvalue weighted by Gasteiger charge is -2.08. The summed E-state index contributed by atoms with van der Waals surface area (Å²) in [4.78, 5) is 12.0. The van der Waals surface area contributed by atoms with Crippen molar-refractivity contribution < 1.29 is 9.21 Å². The molecule has 6 nitrogen and oxygen atoms in total. The summed E-state index contributed by atoms with van der Waals surface area (Å²) in [5.74, 6) is 0.0321. The van der Waals surface area contributed by atoms with Crippen molar-refractivity contribution in [2.24, 2.45) is 0 Å². The summed E-state index contributed by atoms with van der Waals surface area (Å²) in [7, 11) is 0. The topological polar surface area (TPSA) is 83.0 Å². The molecule has 0 aliphatic rings. The van der Waals surface area contributed by atoms with Crippen molar-refractivity contribution in [3.8, 4) is 11.3 Å². The van der Waals surface area contributed by atoms with E-state index >= 15 is 0 Å². The van der Waals surface area contributed by atoms with Gasteiger partial charge in [-0.25, -0.2) is 0 Å². The number of anilines is 1. The van der Waals surface area contributed by atoms with Crippen molar-refractivity contribution in [3.05, 3.63) is 95.6 Å². The van der Waals surface area contributed by atoms with Gasteiger partial charge in [-0.1, -0.05) is 42.0 Å². The van der Waals surface area contributed by atoms with Crippen LogP contribution in [-0.4, -0.2) is 16.1 Å². The third kappa shape index (κ3) is 4.62. The Morgan fingerprint density at radius 1 is 1.03 bits per heavy atom. The second kappa shape index (κ2) is 8.58. The van der Waals surface area contributed by atoms with Crippen LogP contribution in [0.25, 0.3) is 11.3 Å². The smallest absolute Gasteiger partial charge is 0.291 e. The summed E-state index contributed by atoms with van der Waals surface area (Å²) in [6.07, 6.45) is 3.34. The van der Waals surface area contributed by atoms with Gasteiger partial charge in [0.25, 0.3) is 5.91 Å². The Morgan fingerprint density at radius 2 is 1.83 bits per heavy atom. The molecule has 2 aromatic heterocycles. The number of benzene rings is 2. The van der Waals surface area contributed by atoms with Crippen molar-refractivity contribution in [3.63, 3.8) is 0 Å². The number of amides is 1. The second-order valence-corrected chi connectivity index (χ2v) is 6.87. The normalized spacial score (nSPS) is 10.8. The molecule has 4 aromatic rings. The zero-order valence-corrected chi connectivity index (χ0v) is 16.1. The quantitative estimate of drug-likeness (QED) is 0.436. The molecular formula is C23H22N4O2. The van der Waals surface area contributed by atoms with Crippen molar-refractivity contribution >= 4 is 11.6 Å². The molecule has 0 radical (unpaired) electrons. The number of hydrogen-bond acceptors (Lipinski definition) is 4. The van der Waals surface area contributed by atoms with Crippen LogP contribution in [0.15, 0.2) is 77.5 Å². The van der Waals surface area contributed by atoms with Crippen LogP contribution in [-0.2, 0) is 13.1 Å². The minimum Gasteiger partial charge on any atom is -0.459 e. The van der Waals surface area contributed by atoms with E-state index in [1.54, 1.807) is 12.1 Å². The van der Waals surface area contributed by atoms with E-state index < -0.39 is 0 Å². The van der Waals surface area contributed by atoms with E-state index in [2.05, 4.69) is 52.0 Å². The second-order valence-electron chi connectivity index (χ2n) is 6.87. The first-order valence-electron chi connectivity index (χ1n) is 9.43. The molecule has 0 unspecified atom stereocenters. The predicted octanol–water partition coefficient (Wildman–Crippen LogP) is 4.52. The Balaban J connectivity index is 1.32. The Morgan fingerprint density at radius 3 is 2.55 bits per heavy atom. The fourth-order valence-corrected chi connectivity index (χ4v) is 3.06. The lowest BCUT2D eigenvalue weighted by atomic mass is 10.1. The Hall–Kier alpha value is -3.64. The first-order chi connectivity index (χ1) is 14.2. The van der Waals surface area contributed by atoms with E-state index in [-0.39, 0.29) is 5.91 Å². The maximum Gasteiger partial charge on any atom is 0.291 e. The molecule has 0 aliphatic heterocycles. The van der Waals surface area contributed by atoms with E-state index in [1.807, 2.05) is 30.5 Å². The number of aromatic amines is 1. The number of H-pyrrole nitrogens is 1. The van der Waals surface area contributed by atoms with Crippen molar-refractivity contribution in [1.29, 1.82) is 0 Å². The van der Waals surface area contributed by atoms with Crippen LogP contribution < -0.4 is 10.6 Å². The van der Waals surface area contributed by atoms with E-state index in [0.717, 1.165) is 28.1 Å². The molecule has 0 bridgehead atoms. The molecule has 0 saturated carbocycles. The molecule has 0 saturated heterocycles. The molecule has 0 spiro atoms. The first kappa shape index (κ1) is 18.7. The molecule has 3 N–H and O–H groups in total. The number of nitrogens with one attached hydrogen (secondary N) is 3. The Labute approximate surface area is 169 Å². The maximum absolute atomic E-state index is 12.0. The van der Waals surface area contributed by atoms with Crippen LogP contribution in [0.1, 0.15) is 27.2 Å². The fraction of sp³-hybridized carbons (Fsp3) is 0.130. The van der Waals surface area contributed by atoms with Crippen molar-refractivity contribution in [2.45, 2.75) is 20.0 Å². The zero-order chi connectivity index (χ0) is 20.1. The highest BCUT2D eigenvalue weighted by atomic mass is 16.3. The highest BCUT2D eigenvalue weighted by Gasteiger charge is 2.09. The average molecular weight is 386 g/mol. The standard InChI is InChI=1S/C23H22N4O2/c1-16-4-8-18(9-5-16)22-19(15-25-27-22)14-24-13-17-6-10-20(11-7-17)26-23(28)21-3-2-12-29-21/h2-12,15,24H,13-14H2,1H3,(H,25,27)(H,26,28). The summed E-state index contributed by atoms with van der Waals surface area (Å²) >= 11 is 0. The summed E-state index contributed by atoms with van der Waals surface area (Å²) in [5, 5.41) is 13.5. The number of hydrogen-bond donors (Lipinski definition) is 3. The number of carbonyl (C=O) groups excluding carboxylic acids is 1. The van der Waals surface area contributed by atoms with Gasteiger partial charge in [0.2, 0.25) is 0 Å². The van der Waals surface area contributed by atoms with Gasteiger partial charge in [0.05, 0.1) is 18.2 Å². The molecule has 2 aromatic carbocycles. The van der Waals surface area contributed by atoms with E-state index in [9.17, 15) is 4.79 Å². The minimum atomic E-state index is -0.260. The first-order valence-corrected chi connectivity index (χ1v) is 9.43. The van der Waals surface area contributed by atoms with Gasteiger partial charge < -0.3 is 15.1 Å². The zero-order valence-electron chi connectivity index (χ0n) is 16.1. The molecule has 6 heteroatoms. The molecule has 1 amide bonds. The van der Waals surface area contributed by atoms with Gasteiger partial charge >= 0.3 is 0 Å². The van der Waals surface area contributed by atoms with E-state index in [4.69, 9.17) is 4.42 Å². The number of furan rings is 1. The number of carbonyl (C=O) groups is 1. The molecule has 2 heterocycles. The van der Waals surface area contributed by atoms with Crippen LogP contribution in [0, 0.1) is 6.92 Å². The number of aryl methyl sites for hydroxylation is 1. The highest BCUT2D eigenvalue weighted by Crippen LogP contribution is 2.21. The van der Waals surface area contributed by atoms with Gasteiger partial charge in [-0.2, -0.15) is 5.10 Å². The molecule has 0 aliphatic carbocycles. The summed E-state index contributed by atoms with van der Waals surface area (Å²) < 4.78 is 5.10. The largest absolute Gasteiger partial charge is 0.459 e. The molecule has 146 valence electrons. The lowest BCUT2D eigenvalue weighted by molar-refractivity contribution is 0.0996. The maximum atomic E-state index is 12.0. The van der Waals surface area contributed by atoms with Crippen LogP contribution in [0.4, 0.5) is 5.69 Å². The summed E-state index contributed by atoms with van der Waals surface area (Å²) in [6.45, 7) is 3.49. The van der Waals surface area contributed by atoms with Gasteiger partial charge in [0.15, 0.2) is 5.76 Å². The van der Waals surface area contributed by atoms with Crippen LogP contribution >= 0.6 is 0 Å². The summed E-state index contributed by atoms with van der Waals surface area (Å²) in [5.41, 5.74) is 6.37. The molecule has 0 fully saturated rings. The van der Waals surface area contributed by atoms with Crippen molar-refractivity contribution in [1.82, 2.24) is 15.5 Å². The summed E-state index contributed by atoms with van der Waals surface area (Å²) in [6, 6.07) is 19.5. The third-order valence-electron chi connectivity index (χ3n) is 4.66. The molecule has 0 atom stereocenters. The van der Waals surface area contributed by atoms with Gasteiger partial charge in [-0.3, -0.25) is 9.89 Å². The Kier molecular flexibility index (Phi) is 5.54. The molecule has 4 rings (SSSR count). The van der Waals surface area contributed by atoms with Gasteiger partial charge in [0, 0.05) is 24.3 Å². The minimum absolute atomic E-state index is 0.260. The van der Waals surface area contributed by atoms with Crippen LogP contribution in [0.3, 0.4) is 0 Å². The van der Waals surface area contributed by atoms with Crippen molar-refractivity contribution in [2.75, 3.05) is 5.32 Å².